The van der Waals surface area contributed by atoms with Crippen molar-refractivity contribution >= 4 is 5.96 Å². The molecule has 2 unspecified atom stereocenters. The molecule has 1 aliphatic carbocycles. The highest BCUT2D eigenvalue weighted by Crippen LogP contribution is 2.28. The number of hydrogen-bond donors (Lipinski definition) is 2. The van der Waals surface area contributed by atoms with Crippen LogP contribution in [-0.2, 0) is 0 Å². The van der Waals surface area contributed by atoms with E-state index in [2.05, 4.69) is 41.3 Å². The zero-order valence-electron chi connectivity index (χ0n) is 11.8. The van der Waals surface area contributed by atoms with Gasteiger partial charge in [0.2, 0.25) is 0 Å². The van der Waals surface area contributed by atoms with E-state index in [9.17, 15) is 0 Å². The molecule has 0 spiro atoms. The molecule has 0 heterocycles. The molecule has 2 N–H and O–H groups in total. The Balaban J connectivity index is 2.07. The molecule has 4 heteroatoms. The number of aliphatic imine (C=N–C) groups is 1. The van der Waals surface area contributed by atoms with Crippen molar-refractivity contribution in [3.8, 4) is 0 Å². The zero-order chi connectivity index (χ0) is 12.7. The van der Waals surface area contributed by atoms with Crippen LogP contribution in [0.25, 0.3) is 0 Å². The van der Waals surface area contributed by atoms with Gasteiger partial charge in [-0.3, -0.25) is 4.99 Å². The second-order valence-electron chi connectivity index (χ2n) is 4.84. The molecular weight excluding hydrogens is 212 g/mol. The van der Waals surface area contributed by atoms with E-state index in [0.29, 0.717) is 6.04 Å². The van der Waals surface area contributed by atoms with Gasteiger partial charge < -0.3 is 15.5 Å². The lowest BCUT2D eigenvalue weighted by Crippen LogP contribution is -2.40. The third-order valence-corrected chi connectivity index (χ3v) is 3.49. The normalized spacial score (nSPS) is 23.9. The molecule has 0 aromatic heterocycles. The van der Waals surface area contributed by atoms with Gasteiger partial charge in [-0.15, -0.1) is 0 Å². The Labute approximate surface area is 106 Å². The van der Waals surface area contributed by atoms with Crippen molar-refractivity contribution in [3.05, 3.63) is 0 Å². The lowest BCUT2D eigenvalue weighted by molar-refractivity contribution is 0.300. The fourth-order valence-electron chi connectivity index (χ4n) is 1.94. The van der Waals surface area contributed by atoms with Gasteiger partial charge in [0.25, 0.3) is 0 Å². The van der Waals surface area contributed by atoms with E-state index < -0.39 is 0 Å². The van der Waals surface area contributed by atoms with Crippen LogP contribution in [0.5, 0.6) is 0 Å². The van der Waals surface area contributed by atoms with E-state index >= 15 is 0 Å². The third kappa shape index (κ3) is 5.39. The Bertz CT molecular complexity index is 236. The third-order valence-electron chi connectivity index (χ3n) is 3.49. The van der Waals surface area contributed by atoms with Crippen molar-refractivity contribution in [2.45, 2.75) is 39.7 Å². The van der Waals surface area contributed by atoms with Crippen LogP contribution in [0, 0.1) is 5.92 Å². The highest BCUT2D eigenvalue weighted by atomic mass is 15.2. The fourth-order valence-corrected chi connectivity index (χ4v) is 1.94. The molecule has 17 heavy (non-hydrogen) atoms. The Morgan fingerprint density at radius 2 is 2.00 bits per heavy atom. The highest BCUT2D eigenvalue weighted by molar-refractivity contribution is 5.80. The summed E-state index contributed by atoms with van der Waals surface area (Å²) in [5.74, 6) is 1.77. The Morgan fingerprint density at radius 3 is 2.47 bits per heavy atom. The molecular formula is C13H28N4. The topological polar surface area (TPSA) is 39.7 Å². The molecule has 0 amide bonds. The van der Waals surface area contributed by atoms with Crippen LogP contribution in [0.2, 0.25) is 0 Å². The fraction of sp³-hybridized carbons (Fsp3) is 0.923. The van der Waals surface area contributed by atoms with Crippen LogP contribution >= 0.6 is 0 Å². The second-order valence-corrected chi connectivity index (χ2v) is 4.84. The maximum atomic E-state index is 4.24. The predicted molar refractivity (Wildman–Crippen MR) is 74.5 cm³/mol. The largest absolute Gasteiger partial charge is 0.356 e. The van der Waals surface area contributed by atoms with Crippen LogP contribution < -0.4 is 10.6 Å². The Kier molecular flexibility index (Phi) is 6.34. The molecule has 4 nitrogen and oxygen atoms in total. The quantitative estimate of drug-likeness (QED) is 0.400. The van der Waals surface area contributed by atoms with Gasteiger partial charge in [-0.05, 0) is 38.4 Å². The van der Waals surface area contributed by atoms with Crippen molar-refractivity contribution in [1.29, 1.82) is 0 Å². The van der Waals surface area contributed by atoms with Gasteiger partial charge in [0.1, 0.15) is 0 Å². The van der Waals surface area contributed by atoms with Crippen LogP contribution in [0.4, 0.5) is 0 Å². The Morgan fingerprint density at radius 1 is 1.35 bits per heavy atom. The molecule has 1 fully saturated rings. The van der Waals surface area contributed by atoms with Crippen molar-refractivity contribution < 1.29 is 0 Å². The summed E-state index contributed by atoms with van der Waals surface area (Å²) in [6.45, 7) is 11.1. The summed E-state index contributed by atoms with van der Waals surface area (Å²) in [5, 5.41) is 6.81. The number of guanidine groups is 1. The SMILES string of the molecule is CCN(CC)CCCNC(=NC)NC1CC1C. The van der Waals surface area contributed by atoms with Gasteiger partial charge in [0.05, 0.1) is 0 Å². The van der Waals surface area contributed by atoms with Gasteiger partial charge in [0, 0.05) is 19.6 Å². The molecule has 100 valence electrons. The van der Waals surface area contributed by atoms with E-state index in [-0.39, 0.29) is 0 Å². The average Bonchev–Trinajstić information content (AvgIpc) is 3.03. The molecule has 0 aromatic rings. The standard InChI is InChI=1S/C13H28N4/c1-5-17(6-2)9-7-8-15-13(14-4)16-12-10-11(12)3/h11-12H,5-10H2,1-4H3,(H2,14,15,16). The second kappa shape index (κ2) is 7.54. The summed E-state index contributed by atoms with van der Waals surface area (Å²) in [6.07, 6.45) is 2.45. The van der Waals surface area contributed by atoms with E-state index in [1.165, 1.54) is 12.8 Å². The predicted octanol–water partition coefficient (Wildman–Crippen LogP) is 1.29. The van der Waals surface area contributed by atoms with E-state index in [1.807, 2.05) is 7.05 Å². The Hall–Kier alpha value is -0.770. The van der Waals surface area contributed by atoms with Crippen LogP contribution in [0.15, 0.2) is 4.99 Å². The van der Waals surface area contributed by atoms with E-state index in [4.69, 9.17) is 0 Å². The average molecular weight is 240 g/mol. The summed E-state index contributed by atoms with van der Waals surface area (Å²) in [4.78, 5) is 6.69. The number of rotatable bonds is 7. The van der Waals surface area contributed by atoms with Crippen molar-refractivity contribution in [2.75, 3.05) is 33.2 Å². The summed E-state index contributed by atoms with van der Waals surface area (Å²) < 4.78 is 0. The first-order chi connectivity index (χ1) is 8.21. The molecule has 0 aliphatic heterocycles. The van der Waals surface area contributed by atoms with Crippen molar-refractivity contribution in [2.24, 2.45) is 10.9 Å². The van der Waals surface area contributed by atoms with Gasteiger partial charge in [-0.25, -0.2) is 0 Å². The van der Waals surface area contributed by atoms with Gasteiger partial charge >= 0.3 is 0 Å². The van der Waals surface area contributed by atoms with E-state index in [0.717, 1.165) is 38.1 Å². The summed E-state index contributed by atoms with van der Waals surface area (Å²) in [6, 6.07) is 0.643. The van der Waals surface area contributed by atoms with E-state index in [1.54, 1.807) is 0 Å². The molecule has 0 bridgehead atoms. The molecule has 1 rings (SSSR count). The van der Waals surface area contributed by atoms with Gasteiger partial charge in [-0.2, -0.15) is 0 Å². The number of hydrogen-bond acceptors (Lipinski definition) is 2. The summed E-state index contributed by atoms with van der Waals surface area (Å²) >= 11 is 0. The molecule has 1 aliphatic rings. The lowest BCUT2D eigenvalue weighted by atomic mass is 10.3. The monoisotopic (exact) mass is 240 g/mol. The first kappa shape index (κ1) is 14.3. The maximum Gasteiger partial charge on any atom is 0.191 e. The number of nitrogens with zero attached hydrogens (tertiary/aromatic N) is 2. The van der Waals surface area contributed by atoms with Crippen LogP contribution in [-0.4, -0.2) is 50.1 Å². The zero-order valence-corrected chi connectivity index (χ0v) is 11.8. The smallest absolute Gasteiger partial charge is 0.191 e. The first-order valence-corrected chi connectivity index (χ1v) is 6.90. The summed E-state index contributed by atoms with van der Waals surface area (Å²) in [5.41, 5.74) is 0. The van der Waals surface area contributed by atoms with Crippen LogP contribution in [0.3, 0.4) is 0 Å². The van der Waals surface area contributed by atoms with Gasteiger partial charge in [-0.1, -0.05) is 20.8 Å². The molecule has 0 radical (unpaired) electrons. The highest BCUT2D eigenvalue weighted by Gasteiger charge is 2.33. The van der Waals surface area contributed by atoms with Crippen molar-refractivity contribution in [1.82, 2.24) is 15.5 Å². The van der Waals surface area contributed by atoms with Crippen molar-refractivity contribution in [3.63, 3.8) is 0 Å². The number of nitrogens with one attached hydrogen (secondary N) is 2. The summed E-state index contributed by atoms with van der Waals surface area (Å²) in [7, 11) is 1.84. The van der Waals surface area contributed by atoms with Gasteiger partial charge in [0.15, 0.2) is 5.96 Å². The molecule has 0 aromatic carbocycles. The minimum absolute atomic E-state index is 0.643. The molecule has 0 saturated heterocycles. The molecule has 1 saturated carbocycles. The minimum atomic E-state index is 0.643. The first-order valence-electron chi connectivity index (χ1n) is 6.90. The molecule has 2 atom stereocenters. The van der Waals surface area contributed by atoms with Crippen LogP contribution in [0.1, 0.15) is 33.6 Å². The lowest BCUT2D eigenvalue weighted by Gasteiger charge is -2.18. The minimum Gasteiger partial charge on any atom is -0.356 e. The maximum absolute atomic E-state index is 4.24.